The molecule has 2 saturated heterocycles. The third-order valence-corrected chi connectivity index (χ3v) is 5.93. The van der Waals surface area contributed by atoms with Crippen LogP contribution in [0.3, 0.4) is 0 Å². The van der Waals surface area contributed by atoms with E-state index in [4.69, 9.17) is 9.73 Å². The Morgan fingerprint density at radius 3 is 2.55 bits per heavy atom. The van der Waals surface area contributed by atoms with Crippen LogP contribution in [0.15, 0.2) is 4.99 Å². The predicted molar refractivity (Wildman–Crippen MR) is 115 cm³/mol. The van der Waals surface area contributed by atoms with Gasteiger partial charge in [-0.1, -0.05) is 0 Å². The molecule has 176 valence electrons. The fourth-order valence-corrected chi connectivity index (χ4v) is 3.87. The van der Waals surface area contributed by atoms with Crippen LogP contribution in [-0.2, 0) is 18.3 Å². The summed E-state index contributed by atoms with van der Waals surface area (Å²) in [5.74, 6) is 2.40. The van der Waals surface area contributed by atoms with E-state index in [0.717, 1.165) is 76.3 Å². The Kier molecular flexibility index (Phi) is 9.41. The lowest BCUT2D eigenvalue weighted by Crippen LogP contribution is -2.49. The molecule has 0 atom stereocenters. The maximum atomic E-state index is 12.6. The van der Waals surface area contributed by atoms with Crippen LogP contribution in [0.25, 0.3) is 0 Å². The van der Waals surface area contributed by atoms with Crippen LogP contribution in [0, 0.1) is 6.92 Å². The van der Waals surface area contributed by atoms with Crippen LogP contribution >= 0.6 is 0 Å². The number of hydrogen-bond acceptors (Lipinski definition) is 6. The number of halogens is 2. The van der Waals surface area contributed by atoms with Gasteiger partial charge in [0.1, 0.15) is 12.4 Å². The third kappa shape index (κ3) is 7.97. The number of alkyl halides is 2. The fourth-order valence-electron chi connectivity index (χ4n) is 3.87. The van der Waals surface area contributed by atoms with Crippen LogP contribution < -0.4 is 10.6 Å². The molecule has 3 rings (SSSR count). The zero-order valence-electron chi connectivity index (χ0n) is 18.7. The Morgan fingerprint density at radius 1 is 1.16 bits per heavy atom. The number of rotatable bonds is 9. The van der Waals surface area contributed by atoms with Crippen molar-refractivity contribution in [1.29, 1.82) is 0 Å². The molecule has 1 aromatic rings. The van der Waals surface area contributed by atoms with Crippen LogP contribution in [0.1, 0.15) is 30.9 Å². The number of morpholine rings is 1. The molecule has 0 spiro atoms. The molecule has 0 unspecified atom stereocenters. The van der Waals surface area contributed by atoms with Gasteiger partial charge in [0.05, 0.1) is 19.8 Å². The Bertz CT molecular complexity index is 685. The standard InChI is InChI=1S/C20H36F2N8O/c1-16-26-27-19(28(16)2)14-24-20(23-6-3-7-29-10-12-31-13-11-29)25-17-4-8-30(9-5-17)15-18(21)22/h17-18H,3-15H2,1-2H3,(H2,23,24,25). The van der Waals surface area contributed by atoms with Crippen molar-refractivity contribution in [3.63, 3.8) is 0 Å². The minimum atomic E-state index is -2.27. The summed E-state index contributed by atoms with van der Waals surface area (Å²) in [7, 11) is 1.93. The van der Waals surface area contributed by atoms with Gasteiger partial charge in [-0.25, -0.2) is 13.8 Å². The molecule has 0 bridgehead atoms. The number of likely N-dealkylation sites (tertiary alicyclic amines) is 1. The second-order valence-corrected chi connectivity index (χ2v) is 8.23. The van der Waals surface area contributed by atoms with Crippen molar-refractivity contribution in [2.75, 3.05) is 59.0 Å². The van der Waals surface area contributed by atoms with E-state index in [0.29, 0.717) is 19.6 Å². The molecular formula is C20H36F2N8O. The molecule has 1 aromatic heterocycles. The average Bonchev–Trinajstić information content (AvgIpc) is 3.08. The first-order valence-electron chi connectivity index (χ1n) is 11.2. The zero-order chi connectivity index (χ0) is 22.1. The Hall–Kier alpha value is -1.85. The highest BCUT2D eigenvalue weighted by Gasteiger charge is 2.22. The summed E-state index contributed by atoms with van der Waals surface area (Å²) in [5.41, 5.74) is 0. The van der Waals surface area contributed by atoms with E-state index >= 15 is 0 Å². The van der Waals surface area contributed by atoms with Gasteiger partial charge in [0.25, 0.3) is 6.43 Å². The monoisotopic (exact) mass is 442 g/mol. The van der Waals surface area contributed by atoms with Gasteiger partial charge in [-0.2, -0.15) is 0 Å². The molecule has 0 saturated carbocycles. The first-order chi connectivity index (χ1) is 15.0. The largest absolute Gasteiger partial charge is 0.379 e. The molecular weight excluding hydrogens is 406 g/mol. The van der Waals surface area contributed by atoms with Crippen molar-refractivity contribution >= 4 is 5.96 Å². The van der Waals surface area contributed by atoms with Crippen LogP contribution in [-0.4, -0.2) is 102 Å². The summed E-state index contributed by atoms with van der Waals surface area (Å²) in [4.78, 5) is 8.96. The van der Waals surface area contributed by atoms with E-state index in [2.05, 4.69) is 25.7 Å². The number of nitrogens with one attached hydrogen (secondary N) is 2. The van der Waals surface area contributed by atoms with Crippen molar-refractivity contribution in [3.05, 3.63) is 11.6 Å². The van der Waals surface area contributed by atoms with E-state index in [1.54, 1.807) is 0 Å². The van der Waals surface area contributed by atoms with E-state index < -0.39 is 6.43 Å². The van der Waals surface area contributed by atoms with Gasteiger partial charge in [-0.05, 0) is 32.7 Å². The van der Waals surface area contributed by atoms with E-state index in [9.17, 15) is 8.78 Å². The molecule has 31 heavy (non-hydrogen) atoms. The molecule has 9 nitrogen and oxygen atoms in total. The second kappa shape index (κ2) is 12.3. The maximum absolute atomic E-state index is 12.6. The van der Waals surface area contributed by atoms with E-state index in [-0.39, 0.29) is 12.6 Å². The molecule has 11 heteroatoms. The number of guanidine groups is 1. The lowest BCUT2D eigenvalue weighted by Gasteiger charge is -2.33. The summed E-state index contributed by atoms with van der Waals surface area (Å²) in [5, 5.41) is 15.2. The van der Waals surface area contributed by atoms with Gasteiger partial charge in [-0.15, -0.1) is 10.2 Å². The summed E-state index contributed by atoms with van der Waals surface area (Å²) < 4.78 is 32.6. The molecule has 2 aliphatic rings. The fraction of sp³-hybridized carbons (Fsp3) is 0.850. The number of ether oxygens (including phenoxy) is 1. The highest BCUT2D eigenvalue weighted by molar-refractivity contribution is 5.80. The highest BCUT2D eigenvalue weighted by Crippen LogP contribution is 2.12. The topological polar surface area (TPSA) is 82.8 Å². The summed E-state index contributed by atoms with van der Waals surface area (Å²) >= 11 is 0. The van der Waals surface area contributed by atoms with Gasteiger partial charge in [0.15, 0.2) is 11.8 Å². The number of nitrogens with zero attached hydrogens (tertiary/aromatic N) is 6. The normalized spacial score (nSPS) is 19.8. The molecule has 0 aromatic carbocycles. The van der Waals surface area contributed by atoms with Gasteiger partial charge in [0.2, 0.25) is 0 Å². The minimum Gasteiger partial charge on any atom is -0.379 e. The van der Waals surface area contributed by atoms with Crippen molar-refractivity contribution in [2.24, 2.45) is 12.0 Å². The molecule has 3 heterocycles. The van der Waals surface area contributed by atoms with Crippen molar-refractivity contribution in [2.45, 2.75) is 45.2 Å². The molecule has 0 radical (unpaired) electrons. The van der Waals surface area contributed by atoms with Crippen molar-refractivity contribution in [1.82, 2.24) is 35.2 Å². The first-order valence-corrected chi connectivity index (χ1v) is 11.2. The number of aromatic nitrogens is 3. The lowest BCUT2D eigenvalue weighted by atomic mass is 10.1. The summed E-state index contributed by atoms with van der Waals surface area (Å²) in [6.07, 6.45) is 0.384. The lowest BCUT2D eigenvalue weighted by molar-refractivity contribution is 0.0376. The van der Waals surface area contributed by atoms with Crippen LogP contribution in [0.5, 0.6) is 0 Å². The molecule has 2 fully saturated rings. The predicted octanol–water partition coefficient (Wildman–Crippen LogP) is 0.611. The number of aliphatic imine (C=N–C) groups is 1. The second-order valence-electron chi connectivity index (χ2n) is 8.23. The highest BCUT2D eigenvalue weighted by atomic mass is 19.3. The van der Waals surface area contributed by atoms with Gasteiger partial charge in [0, 0.05) is 45.8 Å². The average molecular weight is 443 g/mol. The van der Waals surface area contributed by atoms with E-state index in [1.807, 2.05) is 23.4 Å². The third-order valence-electron chi connectivity index (χ3n) is 5.93. The minimum absolute atomic E-state index is 0.140. The maximum Gasteiger partial charge on any atom is 0.251 e. The Morgan fingerprint density at radius 2 is 1.90 bits per heavy atom. The molecule has 2 aliphatic heterocycles. The van der Waals surface area contributed by atoms with Crippen molar-refractivity contribution < 1.29 is 13.5 Å². The molecule has 2 N–H and O–H groups in total. The molecule has 0 aliphatic carbocycles. The van der Waals surface area contributed by atoms with Crippen LogP contribution in [0.4, 0.5) is 8.78 Å². The van der Waals surface area contributed by atoms with Gasteiger partial charge in [-0.3, -0.25) is 9.80 Å². The number of aryl methyl sites for hydroxylation is 1. The Balaban J connectivity index is 1.50. The first kappa shape index (κ1) is 23.8. The summed E-state index contributed by atoms with van der Waals surface area (Å²) in [6.45, 7) is 8.98. The quantitative estimate of drug-likeness (QED) is 0.329. The van der Waals surface area contributed by atoms with Gasteiger partial charge < -0.3 is 19.9 Å². The summed E-state index contributed by atoms with van der Waals surface area (Å²) in [6, 6.07) is 0.223. The zero-order valence-corrected chi connectivity index (χ0v) is 18.7. The number of piperidine rings is 1. The SMILES string of the molecule is Cc1nnc(CN=C(NCCCN2CCOCC2)NC2CCN(CC(F)F)CC2)n1C. The number of hydrogen-bond donors (Lipinski definition) is 2. The molecule has 0 amide bonds. The van der Waals surface area contributed by atoms with Crippen LogP contribution in [0.2, 0.25) is 0 Å². The smallest absolute Gasteiger partial charge is 0.251 e. The van der Waals surface area contributed by atoms with Crippen molar-refractivity contribution in [3.8, 4) is 0 Å². The Labute approximate surface area is 183 Å². The van der Waals surface area contributed by atoms with Gasteiger partial charge >= 0.3 is 0 Å². The van der Waals surface area contributed by atoms with E-state index in [1.165, 1.54) is 0 Å².